The molecule has 4 heteroatoms. The van der Waals surface area contributed by atoms with E-state index in [0.717, 1.165) is 27.9 Å². The van der Waals surface area contributed by atoms with Gasteiger partial charge in [-0.1, -0.05) is 15.9 Å². The van der Waals surface area contributed by atoms with E-state index in [2.05, 4.69) is 33.9 Å². The highest BCUT2D eigenvalue weighted by Crippen LogP contribution is 2.22. The van der Waals surface area contributed by atoms with E-state index in [4.69, 9.17) is 4.74 Å². The predicted octanol–water partition coefficient (Wildman–Crippen LogP) is 4.14. The van der Waals surface area contributed by atoms with Crippen LogP contribution in [-0.2, 0) is 6.42 Å². The van der Waals surface area contributed by atoms with E-state index in [1.165, 1.54) is 4.88 Å². The summed E-state index contributed by atoms with van der Waals surface area (Å²) in [5, 5.41) is 0. The van der Waals surface area contributed by atoms with Gasteiger partial charge in [-0.25, -0.2) is 4.98 Å². The van der Waals surface area contributed by atoms with Gasteiger partial charge < -0.3 is 4.74 Å². The van der Waals surface area contributed by atoms with Crippen LogP contribution in [0.4, 0.5) is 0 Å². The first kappa shape index (κ1) is 12.6. The van der Waals surface area contributed by atoms with Crippen LogP contribution < -0.4 is 4.74 Å². The van der Waals surface area contributed by atoms with Crippen molar-refractivity contribution in [2.24, 2.45) is 0 Å². The summed E-state index contributed by atoms with van der Waals surface area (Å²) >= 11 is 5.14. The Labute approximate surface area is 114 Å². The van der Waals surface area contributed by atoms with E-state index in [1.807, 2.05) is 24.6 Å². The second-order valence-electron chi connectivity index (χ2n) is 3.87. The predicted molar refractivity (Wildman–Crippen MR) is 74.9 cm³/mol. The van der Waals surface area contributed by atoms with Gasteiger partial charge in [0, 0.05) is 15.8 Å². The third-order valence-electron chi connectivity index (χ3n) is 2.57. The molecule has 2 nitrogen and oxygen atoms in total. The molecule has 1 aromatic carbocycles. The number of rotatable bonds is 4. The highest BCUT2D eigenvalue weighted by atomic mass is 79.9. The summed E-state index contributed by atoms with van der Waals surface area (Å²) in [5.74, 6) is 0.954. The molecule has 0 saturated carbocycles. The lowest BCUT2D eigenvalue weighted by atomic mass is 10.2. The number of aromatic nitrogens is 1. The number of thiazole rings is 1. The van der Waals surface area contributed by atoms with Crippen LogP contribution in [0.2, 0.25) is 0 Å². The highest BCUT2D eigenvalue weighted by molar-refractivity contribution is 9.10. The lowest BCUT2D eigenvalue weighted by Crippen LogP contribution is -2.02. The van der Waals surface area contributed by atoms with Crippen molar-refractivity contribution >= 4 is 27.3 Å². The Bertz CT molecular complexity index is 510. The Hall–Kier alpha value is -0.870. The zero-order valence-corrected chi connectivity index (χ0v) is 12.3. The molecule has 0 amide bonds. The molecule has 0 saturated heterocycles. The fourth-order valence-electron chi connectivity index (χ4n) is 1.59. The molecule has 0 fully saturated rings. The molecule has 0 atom stereocenters. The van der Waals surface area contributed by atoms with E-state index < -0.39 is 0 Å². The number of benzene rings is 1. The second kappa shape index (κ2) is 5.65. The molecular weight excluding hydrogens is 298 g/mol. The molecule has 0 bridgehead atoms. The Morgan fingerprint density at radius 3 is 2.82 bits per heavy atom. The van der Waals surface area contributed by atoms with Gasteiger partial charge in [0.2, 0.25) is 0 Å². The summed E-state index contributed by atoms with van der Waals surface area (Å²) in [6.07, 6.45) is 0.923. The monoisotopic (exact) mass is 311 g/mol. The maximum absolute atomic E-state index is 5.78. The summed E-state index contributed by atoms with van der Waals surface area (Å²) in [4.78, 5) is 5.53. The quantitative estimate of drug-likeness (QED) is 0.846. The Morgan fingerprint density at radius 2 is 2.18 bits per heavy atom. The second-order valence-corrected chi connectivity index (χ2v) is 5.72. The maximum Gasteiger partial charge on any atom is 0.122 e. The number of aryl methyl sites for hydroxylation is 2. The average molecular weight is 312 g/mol. The van der Waals surface area contributed by atoms with E-state index >= 15 is 0 Å². The molecule has 0 N–H and O–H groups in total. The topological polar surface area (TPSA) is 22.1 Å². The van der Waals surface area contributed by atoms with Crippen molar-refractivity contribution in [3.8, 4) is 5.75 Å². The van der Waals surface area contributed by atoms with Crippen LogP contribution in [0.1, 0.15) is 16.1 Å². The van der Waals surface area contributed by atoms with Crippen molar-refractivity contribution in [1.29, 1.82) is 0 Å². The van der Waals surface area contributed by atoms with Crippen molar-refractivity contribution in [3.05, 3.63) is 44.3 Å². The number of hydrogen-bond acceptors (Lipinski definition) is 3. The number of ether oxygens (including phenoxy) is 1. The van der Waals surface area contributed by atoms with Gasteiger partial charge in [-0.2, -0.15) is 0 Å². The standard InChI is InChI=1S/C13H14BrNOS/c1-9-7-11(14)3-4-12(9)16-6-5-13-10(2)15-8-17-13/h3-4,7-8H,5-6H2,1-2H3. The van der Waals surface area contributed by atoms with Gasteiger partial charge in [-0.15, -0.1) is 11.3 Å². The third kappa shape index (κ3) is 3.30. The van der Waals surface area contributed by atoms with Crippen molar-refractivity contribution in [3.63, 3.8) is 0 Å². The van der Waals surface area contributed by atoms with E-state index in [0.29, 0.717) is 6.61 Å². The van der Waals surface area contributed by atoms with Crippen LogP contribution in [0, 0.1) is 13.8 Å². The van der Waals surface area contributed by atoms with Crippen LogP contribution in [0.3, 0.4) is 0 Å². The molecule has 0 spiro atoms. The molecule has 0 aliphatic carbocycles. The number of hydrogen-bond donors (Lipinski definition) is 0. The van der Waals surface area contributed by atoms with Crippen LogP contribution >= 0.6 is 27.3 Å². The Balaban J connectivity index is 1.92. The summed E-state index contributed by atoms with van der Waals surface area (Å²) in [5.41, 5.74) is 4.15. The molecule has 2 aromatic rings. The van der Waals surface area contributed by atoms with E-state index in [1.54, 1.807) is 11.3 Å². The summed E-state index contributed by atoms with van der Waals surface area (Å²) in [6, 6.07) is 6.06. The van der Waals surface area contributed by atoms with Crippen LogP contribution in [0.25, 0.3) is 0 Å². The average Bonchev–Trinajstić information content (AvgIpc) is 2.68. The molecule has 1 heterocycles. The fourth-order valence-corrected chi connectivity index (χ4v) is 2.83. The molecule has 0 radical (unpaired) electrons. The minimum absolute atomic E-state index is 0.700. The molecular formula is C13H14BrNOS. The molecule has 2 rings (SSSR count). The normalized spacial score (nSPS) is 10.5. The molecule has 0 aliphatic rings. The zero-order chi connectivity index (χ0) is 12.3. The SMILES string of the molecule is Cc1cc(Br)ccc1OCCc1scnc1C. The van der Waals surface area contributed by atoms with Gasteiger partial charge in [0.25, 0.3) is 0 Å². The van der Waals surface area contributed by atoms with Crippen LogP contribution in [0.15, 0.2) is 28.2 Å². The minimum Gasteiger partial charge on any atom is -0.493 e. The van der Waals surface area contributed by atoms with E-state index in [9.17, 15) is 0 Å². The van der Waals surface area contributed by atoms with Gasteiger partial charge in [0.05, 0.1) is 17.8 Å². The van der Waals surface area contributed by atoms with Gasteiger partial charge in [-0.3, -0.25) is 0 Å². The molecule has 1 aromatic heterocycles. The molecule has 0 unspecified atom stereocenters. The highest BCUT2D eigenvalue weighted by Gasteiger charge is 2.03. The number of nitrogens with zero attached hydrogens (tertiary/aromatic N) is 1. The van der Waals surface area contributed by atoms with Gasteiger partial charge in [0.15, 0.2) is 0 Å². The lowest BCUT2D eigenvalue weighted by molar-refractivity contribution is 0.320. The minimum atomic E-state index is 0.700. The van der Waals surface area contributed by atoms with Crippen molar-refractivity contribution in [2.75, 3.05) is 6.61 Å². The molecule has 90 valence electrons. The first-order valence-corrected chi connectivity index (χ1v) is 7.12. The molecule has 17 heavy (non-hydrogen) atoms. The third-order valence-corrected chi connectivity index (χ3v) is 4.06. The Morgan fingerprint density at radius 1 is 1.35 bits per heavy atom. The number of halogens is 1. The molecule has 0 aliphatic heterocycles. The first-order chi connectivity index (χ1) is 8.16. The summed E-state index contributed by atoms with van der Waals surface area (Å²) in [7, 11) is 0. The van der Waals surface area contributed by atoms with Gasteiger partial charge >= 0.3 is 0 Å². The van der Waals surface area contributed by atoms with Crippen molar-refractivity contribution in [1.82, 2.24) is 4.98 Å². The van der Waals surface area contributed by atoms with Crippen LogP contribution in [-0.4, -0.2) is 11.6 Å². The first-order valence-electron chi connectivity index (χ1n) is 5.45. The Kier molecular flexibility index (Phi) is 4.18. The maximum atomic E-state index is 5.78. The summed E-state index contributed by atoms with van der Waals surface area (Å²) in [6.45, 7) is 4.79. The fraction of sp³-hybridized carbons (Fsp3) is 0.308. The van der Waals surface area contributed by atoms with E-state index in [-0.39, 0.29) is 0 Å². The van der Waals surface area contributed by atoms with Crippen LogP contribution in [0.5, 0.6) is 5.75 Å². The van der Waals surface area contributed by atoms with Gasteiger partial charge in [-0.05, 0) is 37.6 Å². The largest absolute Gasteiger partial charge is 0.493 e. The zero-order valence-electron chi connectivity index (χ0n) is 9.87. The lowest BCUT2D eigenvalue weighted by Gasteiger charge is -2.08. The van der Waals surface area contributed by atoms with Gasteiger partial charge in [0.1, 0.15) is 5.75 Å². The van der Waals surface area contributed by atoms with Crippen molar-refractivity contribution < 1.29 is 4.74 Å². The van der Waals surface area contributed by atoms with Crippen molar-refractivity contribution in [2.45, 2.75) is 20.3 Å². The smallest absolute Gasteiger partial charge is 0.122 e. The summed E-state index contributed by atoms with van der Waals surface area (Å²) < 4.78 is 6.86.